The summed E-state index contributed by atoms with van der Waals surface area (Å²) in [5.41, 5.74) is 3.21. The van der Waals surface area contributed by atoms with Crippen LogP contribution in [-0.4, -0.2) is 25.5 Å². The Bertz CT molecular complexity index is 997. The molecule has 3 aromatic rings. The fourth-order valence-corrected chi connectivity index (χ4v) is 4.01. The number of rotatable bonds is 4. The van der Waals surface area contributed by atoms with Gasteiger partial charge in [0.25, 0.3) is 11.8 Å². The van der Waals surface area contributed by atoms with Crippen LogP contribution in [0, 0.1) is 0 Å². The van der Waals surface area contributed by atoms with Crippen LogP contribution in [0.2, 0.25) is 0 Å². The van der Waals surface area contributed by atoms with E-state index in [0.29, 0.717) is 23.5 Å². The standard InChI is InChI=1S/C22H20N2O3S/c1-27-18-10-7-16(8-11-18)21(25)23-17-9-6-15-4-2-12-24(19(15)14-17)22(26)20-5-3-13-28-20/h3,5-11,13-14H,2,4,12H2,1H3,(H,23,25). The Morgan fingerprint density at radius 3 is 2.64 bits per heavy atom. The molecule has 0 atom stereocenters. The van der Waals surface area contributed by atoms with E-state index in [2.05, 4.69) is 5.32 Å². The molecule has 0 saturated carbocycles. The molecule has 2 aromatic carbocycles. The Hall–Kier alpha value is -3.12. The maximum Gasteiger partial charge on any atom is 0.268 e. The minimum Gasteiger partial charge on any atom is -0.497 e. The Labute approximate surface area is 167 Å². The summed E-state index contributed by atoms with van der Waals surface area (Å²) in [6.45, 7) is 0.680. The Morgan fingerprint density at radius 2 is 1.93 bits per heavy atom. The number of aryl methyl sites for hydroxylation is 1. The quantitative estimate of drug-likeness (QED) is 0.706. The van der Waals surface area contributed by atoms with E-state index in [9.17, 15) is 9.59 Å². The fraction of sp³-hybridized carbons (Fsp3) is 0.182. The number of amides is 2. The van der Waals surface area contributed by atoms with Gasteiger partial charge in [-0.25, -0.2) is 0 Å². The highest BCUT2D eigenvalue weighted by Crippen LogP contribution is 2.32. The van der Waals surface area contributed by atoms with Gasteiger partial charge in [0.1, 0.15) is 5.75 Å². The lowest BCUT2D eigenvalue weighted by molar-refractivity contribution is 0.0987. The molecule has 2 heterocycles. The van der Waals surface area contributed by atoms with Crippen LogP contribution in [0.15, 0.2) is 60.0 Å². The smallest absolute Gasteiger partial charge is 0.268 e. The van der Waals surface area contributed by atoms with Crippen molar-refractivity contribution in [3.05, 3.63) is 76.0 Å². The van der Waals surface area contributed by atoms with Gasteiger partial charge in [0.15, 0.2) is 0 Å². The molecular formula is C22H20N2O3S. The summed E-state index contributed by atoms with van der Waals surface area (Å²) < 4.78 is 5.13. The highest BCUT2D eigenvalue weighted by atomic mass is 32.1. The van der Waals surface area contributed by atoms with Crippen molar-refractivity contribution in [2.45, 2.75) is 12.8 Å². The first-order chi connectivity index (χ1) is 13.7. The Kier molecular flexibility index (Phi) is 5.12. The number of hydrogen-bond donors (Lipinski definition) is 1. The minimum atomic E-state index is -0.199. The van der Waals surface area contributed by atoms with Crippen LogP contribution < -0.4 is 15.0 Å². The maximum atomic E-state index is 12.9. The summed E-state index contributed by atoms with van der Waals surface area (Å²) in [5.74, 6) is 0.511. The summed E-state index contributed by atoms with van der Waals surface area (Å²) in [5, 5.41) is 4.83. The normalized spacial score (nSPS) is 13.0. The summed E-state index contributed by atoms with van der Waals surface area (Å²) in [6, 6.07) is 16.4. The summed E-state index contributed by atoms with van der Waals surface area (Å²) in [4.78, 5) is 28.0. The Morgan fingerprint density at radius 1 is 1.11 bits per heavy atom. The number of anilines is 2. The van der Waals surface area contributed by atoms with Crippen LogP contribution in [0.1, 0.15) is 32.0 Å². The van der Waals surface area contributed by atoms with Crippen LogP contribution in [0.4, 0.5) is 11.4 Å². The molecular weight excluding hydrogens is 372 g/mol. The van der Waals surface area contributed by atoms with Crippen molar-refractivity contribution in [1.29, 1.82) is 0 Å². The van der Waals surface area contributed by atoms with E-state index in [1.165, 1.54) is 11.3 Å². The molecule has 6 heteroatoms. The van der Waals surface area contributed by atoms with Gasteiger partial charge in [-0.3, -0.25) is 9.59 Å². The van der Waals surface area contributed by atoms with Crippen molar-refractivity contribution in [3.63, 3.8) is 0 Å². The third-order valence-electron chi connectivity index (χ3n) is 4.79. The number of nitrogens with zero attached hydrogens (tertiary/aromatic N) is 1. The van der Waals surface area contributed by atoms with Gasteiger partial charge in [0, 0.05) is 23.5 Å². The zero-order chi connectivity index (χ0) is 19.5. The number of fused-ring (bicyclic) bond motifs is 1. The molecule has 5 nitrogen and oxygen atoms in total. The number of nitrogens with one attached hydrogen (secondary N) is 1. The number of carbonyl (C=O) groups excluding carboxylic acids is 2. The van der Waals surface area contributed by atoms with Crippen LogP contribution in [-0.2, 0) is 6.42 Å². The lowest BCUT2D eigenvalue weighted by Crippen LogP contribution is -2.35. The van der Waals surface area contributed by atoms with Gasteiger partial charge < -0.3 is 15.0 Å². The first-order valence-electron chi connectivity index (χ1n) is 9.09. The third kappa shape index (κ3) is 3.64. The van der Waals surface area contributed by atoms with Gasteiger partial charge in [-0.1, -0.05) is 12.1 Å². The topological polar surface area (TPSA) is 58.6 Å². The molecule has 2 amide bonds. The van der Waals surface area contributed by atoms with E-state index in [1.807, 2.05) is 40.6 Å². The fourth-order valence-electron chi connectivity index (χ4n) is 3.34. The first-order valence-corrected chi connectivity index (χ1v) is 9.97. The van der Waals surface area contributed by atoms with Gasteiger partial charge in [0.2, 0.25) is 0 Å². The lowest BCUT2D eigenvalue weighted by Gasteiger charge is -2.29. The number of thiophene rings is 1. The number of benzene rings is 2. The van der Waals surface area contributed by atoms with Crippen molar-refractivity contribution in [1.82, 2.24) is 0 Å². The molecule has 0 saturated heterocycles. The van der Waals surface area contributed by atoms with E-state index >= 15 is 0 Å². The number of methoxy groups -OCH3 is 1. The average molecular weight is 392 g/mol. The summed E-state index contributed by atoms with van der Waals surface area (Å²) in [6.07, 6.45) is 1.86. The molecule has 1 aliphatic heterocycles. The molecule has 0 fully saturated rings. The SMILES string of the molecule is COc1ccc(C(=O)Nc2ccc3c(c2)N(C(=O)c2cccs2)CCC3)cc1. The Balaban J connectivity index is 1.57. The van der Waals surface area contributed by atoms with Gasteiger partial charge in [-0.15, -0.1) is 11.3 Å². The van der Waals surface area contributed by atoms with E-state index in [-0.39, 0.29) is 11.8 Å². The molecule has 1 aromatic heterocycles. The van der Waals surface area contributed by atoms with Crippen molar-refractivity contribution >= 4 is 34.5 Å². The maximum absolute atomic E-state index is 12.9. The second-order valence-electron chi connectivity index (χ2n) is 6.56. The van der Waals surface area contributed by atoms with Crippen molar-refractivity contribution < 1.29 is 14.3 Å². The summed E-state index contributed by atoms with van der Waals surface area (Å²) >= 11 is 1.44. The van der Waals surface area contributed by atoms with Crippen LogP contribution in [0.5, 0.6) is 5.75 Å². The number of ether oxygens (including phenoxy) is 1. The molecule has 0 spiro atoms. The van der Waals surface area contributed by atoms with E-state index in [0.717, 1.165) is 29.0 Å². The van der Waals surface area contributed by atoms with Gasteiger partial charge in [0.05, 0.1) is 12.0 Å². The molecule has 0 bridgehead atoms. The summed E-state index contributed by atoms with van der Waals surface area (Å²) in [7, 11) is 1.59. The van der Waals surface area contributed by atoms with Gasteiger partial charge in [-0.05, 0) is 66.2 Å². The second-order valence-corrected chi connectivity index (χ2v) is 7.51. The number of hydrogen-bond acceptors (Lipinski definition) is 4. The predicted octanol–water partition coefficient (Wildman–Crippen LogP) is 4.60. The zero-order valence-electron chi connectivity index (χ0n) is 15.5. The van der Waals surface area contributed by atoms with Gasteiger partial charge >= 0.3 is 0 Å². The molecule has 0 unspecified atom stereocenters. The predicted molar refractivity (Wildman–Crippen MR) is 112 cm³/mol. The largest absolute Gasteiger partial charge is 0.497 e. The van der Waals surface area contributed by atoms with Crippen molar-refractivity contribution in [2.24, 2.45) is 0 Å². The van der Waals surface area contributed by atoms with E-state index in [4.69, 9.17) is 4.74 Å². The van der Waals surface area contributed by atoms with Gasteiger partial charge in [-0.2, -0.15) is 0 Å². The molecule has 1 N–H and O–H groups in total. The van der Waals surface area contributed by atoms with E-state index in [1.54, 1.807) is 31.4 Å². The molecule has 28 heavy (non-hydrogen) atoms. The molecule has 142 valence electrons. The van der Waals surface area contributed by atoms with Crippen LogP contribution in [0.3, 0.4) is 0 Å². The van der Waals surface area contributed by atoms with E-state index < -0.39 is 0 Å². The highest BCUT2D eigenvalue weighted by Gasteiger charge is 2.24. The monoisotopic (exact) mass is 392 g/mol. The second kappa shape index (κ2) is 7.86. The van der Waals surface area contributed by atoms with Crippen molar-refractivity contribution in [3.8, 4) is 5.75 Å². The van der Waals surface area contributed by atoms with Crippen LogP contribution in [0.25, 0.3) is 0 Å². The number of carbonyl (C=O) groups is 2. The minimum absolute atomic E-state index is 0.00887. The highest BCUT2D eigenvalue weighted by molar-refractivity contribution is 7.12. The first kappa shape index (κ1) is 18.3. The molecule has 0 radical (unpaired) electrons. The molecule has 4 rings (SSSR count). The van der Waals surface area contributed by atoms with Crippen LogP contribution >= 0.6 is 11.3 Å². The lowest BCUT2D eigenvalue weighted by atomic mass is 10.0. The zero-order valence-corrected chi connectivity index (χ0v) is 16.3. The molecule has 1 aliphatic rings. The molecule has 0 aliphatic carbocycles. The van der Waals surface area contributed by atoms with Crippen molar-refractivity contribution in [2.75, 3.05) is 23.9 Å². The third-order valence-corrected chi connectivity index (χ3v) is 5.65. The average Bonchev–Trinajstić information content (AvgIpc) is 3.28.